The number of carbonyl (C=O) groups is 1. The SMILES string of the molecule is [2H]N[C@@H](Cc1c[nH]cn1)C(=O)O. The van der Waals surface area contributed by atoms with E-state index >= 15 is 0 Å². The number of H-pyrrole nitrogens is 1. The lowest BCUT2D eigenvalue weighted by atomic mass is 10.2. The number of hydrogen-bond donors (Lipinski definition) is 3. The molecule has 1 heterocycles. The monoisotopic (exact) mass is 156 g/mol. The van der Waals surface area contributed by atoms with E-state index in [4.69, 9.17) is 6.52 Å². The highest BCUT2D eigenvalue weighted by Crippen LogP contribution is 1.95. The maximum atomic E-state index is 10.4. The van der Waals surface area contributed by atoms with E-state index in [0.29, 0.717) is 5.69 Å². The number of hydrogen-bond acceptors (Lipinski definition) is 3. The van der Waals surface area contributed by atoms with Gasteiger partial charge in [-0.15, -0.1) is 0 Å². The summed E-state index contributed by atoms with van der Waals surface area (Å²) >= 11 is 0. The molecule has 60 valence electrons. The molecular formula is C6H9N3O2. The van der Waals surface area contributed by atoms with E-state index < -0.39 is 12.0 Å². The van der Waals surface area contributed by atoms with Gasteiger partial charge >= 0.3 is 5.97 Å². The van der Waals surface area contributed by atoms with Gasteiger partial charge in [0.2, 0.25) is 0 Å². The summed E-state index contributed by atoms with van der Waals surface area (Å²) in [6, 6.07) is -0.895. The fourth-order valence-electron chi connectivity index (χ4n) is 0.699. The van der Waals surface area contributed by atoms with Crippen LogP contribution < -0.4 is 5.73 Å². The van der Waals surface area contributed by atoms with Gasteiger partial charge in [-0.05, 0) is 0 Å². The number of nitrogens with two attached hydrogens (primary N) is 1. The summed E-state index contributed by atoms with van der Waals surface area (Å²) in [6.07, 6.45) is 3.29. The van der Waals surface area contributed by atoms with Crippen molar-refractivity contribution in [3.63, 3.8) is 0 Å². The highest BCUT2D eigenvalue weighted by molar-refractivity contribution is 5.73. The molecule has 4 N–H and O–H groups in total. The highest BCUT2D eigenvalue weighted by Gasteiger charge is 2.12. The van der Waals surface area contributed by atoms with Crippen molar-refractivity contribution in [1.29, 1.82) is 0 Å². The summed E-state index contributed by atoms with van der Waals surface area (Å²) in [6.45, 7) is 0. The molecule has 0 bridgehead atoms. The molecule has 1 atom stereocenters. The van der Waals surface area contributed by atoms with E-state index in [-0.39, 0.29) is 6.42 Å². The summed E-state index contributed by atoms with van der Waals surface area (Å²) < 4.78 is 6.72. The first-order chi connectivity index (χ1) is 5.74. The molecule has 0 aliphatic rings. The van der Waals surface area contributed by atoms with E-state index in [1.54, 1.807) is 6.20 Å². The molecule has 0 aliphatic heterocycles. The summed E-state index contributed by atoms with van der Waals surface area (Å²) in [5.74, 6) is -1.05. The second-order valence-corrected chi connectivity index (χ2v) is 2.16. The number of nitrogens with zero attached hydrogens (tertiary/aromatic N) is 1. The molecule has 1 rings (SSSR count). The Morgan fingerprint density at radius 1 is 2.09 bits per heavy atom. The lowest BCUT2D eigenvalue weighted by Crippen LogP contribution is -2.32. The molecule has 0 radical (unpaired) electrons. The Morgan fingerprint density at radius 2 is 2.91 bits per heavy atom. The first kappa shape index (κ1) is 6.36. The van der Waals surface area contributed by atoms with Crippen LogP contribution in [0, 0.1) is 0 Å². The first-order valence-corrected chi connectivity index (χ1v) is 3.11. The average molecular weight is 156 g/mol. The second kappa shape index (κ2) is 3.16. The van der Waals surface area contributed by atoms with Crippen LogP contribution >= 0.6 is 0 Å². The van der Waals surface area contributed by atoms with Crippen LogP contribution in [0.2, 0.25) is 1.41 Å². The summed E-state index contributed by atoms with van der Waals surface area (Å²) in [5.41, 5.74) is 2.56. The van der Waals surface area contributed by atoms with Gasteiger partial charge in [-0.3, -0.25) is 4.79 Å². The van der Waals surface area contributed by atoms with Crippen LogP contribution in [0.3, 0.4) is 0 Å². The van der Waals surface area contributed by atoms with Crippen molar-refractivity contribution in [2.24, 2.45) is 5.73 Å². The Balaban J connectivity index is 2.54. The summed E-state index contributed by atoms with van der Waals surface area (Å²) in [5, 5.41) is 8.55. The van der Waals surface area contributed by atoms with Crippen LogP contribution in [0.25, 0.3) is 0 Å². The van der Waals surface area contributed by atoms with Gasteiger partial charge < -0.3 is 15.8 Å². The van der Waals surface area contributed by atoms with Gasteiger partial charge in [-0.25, -0.2) is 4.98 Å². The van der Waals surface area contributed by atoms with Gasteiger partial charge in [0.05, 0.1) is 12.0 Å². The Morgan fingerprint density at radius 3 is 3.36 bits per heavy atom. The van der Waals surface area contributed by atoms with E-state index in [2.05, 4.69) is 9.97 Å². The smallest absolute Gasteiger partial charge is 0.320 e. The minimum absolute atomic E-state index is 0.211. The van der Waals surface area contributed by atoms with E-state index in [1.807, 2.05) is 5.73 Å². The van der Waals surface area contributed by atoms with Gasteiger partial charge in [-0.2, -0.15) is 0 Å². The van der Waals surface area contributed by atoms with Gasteiger partial charge in [0.1, 0.15) is 7.45 Å². The molecule has 1 aromatic heterocycles. The molecule has 5 nitrogen and oxygen atoms in total. The lowest BCUT2D eigenvalue weighted by molar-refractivity contribution is -0.138. The number of aromatic amines is 1. The third-order valence-electron chi connectivity index (χ3n) is 1.27. The highest BCUT2D eigenvalue weighted by atomic mass is 16.4. The number of aromatic nitrogens is 2. The predicted octanol–water partition coefficient (Wildman–Crippen LogP) is -0.636. The molecule has 0 unspecified atom stereocenters. The molecule has 11 heavy (non-hydrogen) atoms. The van der Waals surface area contributed by atoms with Crippen LogP contribution in [0.1, 0.15) is 5.69 Å². The molecule has 0 spiro atoms. The number of carboxylic acids is 1. The first-order valence-electron chi connectivity index (χ1n) is 3.61. The summed E-state index contributed by atoms with van der Waals surface area (Å²) in [4.78, 5) is 17.0. The number of rotatable bonds is 4. The van der Waals surface area contributed by atoms with Crippen LogP contribution in [0.15, 0.2) is 12.5 Å². The van der Waals surface area contributed by atoms with E-state index in [0.717, 1.165) is 0 Å². The Hall–Kier alpha value is -1.36. The standard InChI is InChI=1S/C6H9N3O2/c7-5(6(10)11)1-4-2-8-3-9-4/h2-3,5H,1,7H2,(H,8,9)(H,10,11)/t5-/m0/s1/i/hD. The lowest BCUT2D eigenvalue weighted by Gasteiger charge is -2.01. The van der Waals surface area contributed by atoms with Gasteiger partial charge in [0.15, 0.2) is 0 Å². The maximum Gasteiger partial charge on any atom is 0.320 e. The molecule has 0 saturated carbocycles. The van der Waals surface area contributed by atoms with Gasteiger partial charge in [0, 0.05) is 12.6 Å². The third-order valence-corrected chi connectivity index (χ3v) is 1.27. The molecule has 1 aromatic rings. The van der Waals surface area contributed by atoms with Crippen molar-refractivity contribution in [3.05, 3.63) is 18.2 Å². The zero-order valence-corrected chi connectivity index (χ0v) is 5.74. The number of carboxylic acid groups (broad SMARTS) is 1. The Bertz CT molecular complexity index is 249. The minimum atomic E-state index is -1.05. The zero-order valence-electron chi connectivity index (χ0n) is 6.74. The van der Waals surface area contributed by atoms with E-state index in [1.165, 1.54) is 6.33 Å². The average Bonchev–Trinajstić information content (AvgIpc) is 2.51. The van der Waals surface area contributed by atoms with Gasteiger partial charge in [-0.1, -0.05) is 0 Å². The minimum Gasteiger partial charge on any atom is -0.480 e. The van der Waals surface area contributed by atoms with Crippen molar-refractivity contribution < 1.29 is 11.3 Å². The second-order valence-electron chi connectivity index (χ2n) is 2.16. The van der Waals surface area contributed by atoms with Crippen LogP contribution in [-0.4, -0.2) is 27.1 Å². The van der Waals surface area contributed by atoms with Crippen LogP contribution in [0.5, 0.6) is 0 Å². The van der Waals surface area contributed by atoms with Crippen molar-refractivity contribution in [1.82, 2.24) is 9.97 Å². The topological polar surface area (TPSA) is 92.0 Å². The molecular weight excluding hydrogens is 146 g/mol. The largest absolute Gasteiger partial charge is 0.480 e. The fourth-order valence-corrected chi connectivity index (χ4v) is 0.699. The molecule has 0 aliphatic carbocycles. The van der Waals surface area contributed by atoms with Crippen molar-refractivity contribution in [2.45, 2.75) is 12.5 Å². The molecule has 0 fully saturated rings. The Labute approximate surface area is 64.7 Å². The molecule has 0 saturated heterocycles. The normalized spacial score (nSPS) is 14.0. The van der Waals surface area contributed by atoms with Crippen LogP contribution in [-0.2, 0) is 11.2 Å². The van der Waals surface area contributed by atoms with Crippen molar-refractivity contribution in [3.8, 4) is 0 Å². The quantitative estimate of drug-likeness (QED) is 0.541. The maximum absolute atomic E-state index is 10.4. The van der Waals surface area contributed by atoms with Crippen LogP contribution in [0.4, 0.5) is 0 Å². The molecule has 5 heteroatoms. The van der Waals surface area contributed by atoms with E-state index in [9.17, 15) is 4.79 Å². The third kappa shape index (κ3) is 2.05. The van der Waals surface area contributed by atoms with Crippen molar-refractivity contribution >= 4 is 5.97 Å². The Kier molecular flexibility index (Phi) is 1.82. The number of imidazole rings is 1. The fraction of sp³-hybridized carbons (Fsp3) is 0.333. The summed E-state index contributed by atoms with van der Waals surface area (Å²) in [7, 11) is 0. The number of nitrogens with one attached hydrogen (secondary N) is 1. The molecule has 0 aromatic carbocycles. The zero-order chi connectivity index (χ0) is 8.97. The molecule has 0 amide bonds. The number of aliphatic carboxylic acids is 1. The van der Waals surface area contributed by atoms with Crippen molar-refractivity contribution in [2.75, 3.05) is 0 Å². The van der Waals surface area contributed by atoms with Gasteiger partial charge in [0.25, 0.3) is 0 Å². The predicted molar refractivity (Wildman–Crippen MR) is 37.9 cm³/mol.